The molecule has 0 bridgehead atoms. The lowest BCUT2D eigenvalue weighted by Gasteiger charge is -2.12. The minimum absolute atomic E-state index is 0.132. The molecule has 0 saturated carbocycles. The predicted molar refractivity (Wildman–Crippen MR) is 91.5 cm³/mol. The highest BCUT2D eigenvalue weighted by atomic mass is 127. The first-order chi connectivity index (χ1) is 9.63. The van der Waals surface area contributed by atoms with E-state index in [1.807, 2.05) is 36.4 Å². The van der Waals surface area contributed by atoms with Crippen LogP contribution in [-0.2, 0) is 6.42 Å². The van der Waals surface area contributed by atoms with Crippen molar-refractivity contribution in [1.29, 1.82) is 0 Å². The lowest BCUT2D eigenvalue weighted by molar-refractivity contribution is 0.502. The first kappa shape index (κ1) is 14.0. The van der Waals surface area contributed by atoms with Gasteiger partial charge in [-0.25, -0.2) is 4.98 Å². The second-order valence-electron chi connectivity index (χ2n) is 4.55. The van der Waals surface area contributed by atoms with Crippen LogP contribution in [0.15, 0.2) is 51.4 Å². The van der Waals surface area contributed by atoms with E-state index in [1.54, 1.807) is 0 Å². The number of oxazole rings is 1. The molecule has 0 aliphatic carbocycles. The molecule has 1 atom stereocenters. The fraction of sp³-hybridized carbons (Fsp3) is 0.133. The van der Waals surface area contributed by atoms with Gasteiger partial charge in [-0.1, -0.05) is 28.1 Å². The minimum atomic E-state index is -0.132. The lowest BCUT2D eigenvalue weighted by atomic mass is 10.1. The van der Waals surface area contributed by atoms with E-state index in [0.29, 0.717) is 12.3 Å². The molecule has 0 radical (unpaired) electrons. The van der Waals surface area contributed by atoms with Gasteiger partial charge in [-0.3, -0.25) is 0 Å². The summed E-state index contributed by atoms with van der Waals surface area (Å²) >= 11 is 5.78. The number of rotatable bonds is 3. The highest BCUT2D eigenvalue weighted by Crippen LogP contribution is 2.26. The summed E-state index contributed by atoms with van der Waals surface area (Å²) in [5.41, 5.74) is 9.07. The molecular weight excluding hydrogens is 431 g/mol. The molecule has 1 unspecified atom stereocenters. The standard InChI is InChI=1S/C15H12BrIN2O/c16-9-5-6-11(17)10(7-9)12(18)8-15-19-13-3-1-2-4-14(13)20-15/h1-7,12H,8,18H2. The van der Waals surface area contributed by atoms with Crippen LogP contribution in [0.2, 0.25) is 0 Å². The lowest BCUT2D eigenvalue weighted by Crippen LogP contribution is -2.15. The Morgan fingerprint density at radius 3 is 2.85 bits per heavy atom. The van der Waals surface area contributed by atoms with Crippen molar-refractivity contribution in [2.75, 3.05) is 0 Å². The van der Waals surface area contributed by atoms with E-state index >= 15 is 0 Å². The van der Waals surface area contributed by atoms with Crippen molar-refractivity contribution < 1.29 is 4.42 Å². The van der Waals surface area contributed by atoms with Gasteiger partial charge < -0.3 is 10.2 Å². The average Bonchev–Trinajstić information content (AvgIpc) is 2.83. The van der Waals surface area contributed by atoms with Gasteiger partial charge in [0, 0.05) is 20.5 Å². The first-order valence-corrected chi connectivity index (χ1v) is 8.05. The normalized spacial score (nSPS) is 12.8. The third kappa shape index (κ3) is 2.89. The van der Waals surface area contributed by atoms with Crippen LogP contribution < -0.4 is 5.73 Å². The number of fused-ring (bicyclic) bond motifs is 1. The highest BCUT2D eigenvalue weighted by Gasteiger charge is 2.15. The van der Waals surface area contributed by atoms with Crippen LogP contribution in [0.4, 0.5) is 0 Å². The largest absolute Gasteiger partial charge is 0.441 e. The van der Waals surface area contributed by atoms with E-state index in [-0.39, 0.29) is 6.04 Å². The molecule has 20 heavy (non-hydrogen) atoms. The molecule has 5 heteroatoms. The van der Waals surface area contributed by atoms with E-state index in [0.717, 1.165) is 24.7 Å². The summed E-state index contributed by atoms with van der Waals surface area (Å²) in [5.74, 6) is 0.675. The van der Waals surface area contributed by atoms with E-state index < -0.39 is 0 Å². The number of aromatic nitrogens is 1. The number of hydrogen-bond acceptors (Lipinski definition) is 3. The number of benzene rings is 2. The van der Waals surface area contributed by atoms with Crippen LogP contribution in [0.3, 0.4) is 0 Å². The van der Waals surface area contributed by atoms with Gasteiger partial charge in [0.1, 0.15) is 5.52 Å². The van der Waals surface area contributed by atoms with Crippen LogP contribution in [0.1, 0.15) is 17.5 Å². The molecule has 1 heterocycles. The van der Waals surface area contributed by atoms with Crippen molar-refractivity contribution in [2.45, 2.75) is 12.5 Å². The third-order valence-corrected chi connectivity index (χ3v) is 4.57. The van der Waals surface area contributed by atoms with Crippen molar-refractivity contribution in [3.8, 4) is 0 Å². The summed E-state index contributed by atoms with van der Waals surface area (Å²) in [6, 6.07) is 13.7. The number of nitrogens with two attached hydrogens (primary N) is 1. The summed E-state index contributed by atoms with van der Waals surface area (Å²) in [6.45, 7) is 0. The zero-order chi connectivity index (χ0) is 14.1. The minimum Gasteiger partial charge on any atom is -0.441 e. The fourth-order valence-electron chi connectivity index (χ4n) is 2.10. The molecule has 0 aliphatic rings. The van der Waals surface area contributed by atoms with Gasteiger partial charge >= 0.3 is 0 Å². The Morgan fingerprint density at radius 1 is 1.25 bits per heavy atom. The van der Waals surface area contributed by atoms with Crippen molar-refractivity contribution in [3.63, 3.8) is 0 Å². The molecule has 2 aromatic carbocycles. The monoisotopic (exact) mass is 442 g/mol. The number of nitrogens with zero attached hydrogens (tertiary/aromatic N) is 1. The second-order valence-corrected chi connectivity index (χ2v) is 6.63. The fourth-order valence-corrected chi connectivity index (χ4v) is 3.22. The Morgan fingerprint density at radius 2 is 2.05 bits per heavy atom. The van der Waals surface area contributed by atoms with Gasteiger partial charge in [0.05, 0.1) is 0 Å². The third-order valence-electron chi connectivity index (χ3n) is 3.09. The molecule has 2 N–H and O–H groups in total. The van der Waals surface area contributed by atoms with Gasteiger partial charge in [0.2, 0.25) is 0 Å². The Kier molecular flexibility index (Phi) is 4.09. The van der Waals surface area contributed by atoms with Crippen molar-refractivity contribution in [2.24, 2.45) is 5.73 Å². The maximum Gasteiger partial charge on any atom is 0.197 e. The Balaban J connectivity index is 1.88. The summed E-state index contributed by atoms with van der Waals surface area (Å²) in [6.07, 6.45) is 0.584. The molecule has 3 rings (SSSR count). The molecule has 0 fully saturated rings. The van der Waals surface area contributed by atoms with E-state index in [4.69, 9.17) is 10.2 Å². The quantitative estimate of drug-likeness (QED) is 0.610. The predicted octanol–water partition coefficient (Wildman–Crippen LogP) is 4.44. The molecule has 0 aliphatic heterocycles. The van der Waals surface area contributed by atoms with Crippen molar-refractivity contribution >= 4 is 49.6 Å². The van der Waals surface area contributed by atoms with Gasteiger partial charge in [0.15, 0.2) is 11.5 Å². The molecule has 0 amide bonds. The summed E-state index contributed by atoms with van der Waals surface area (Å²) in [7, 11) is 0. The Bertz CT molecular complexity index is 723. The smallest absolute Gasteiger partial charge is 0.197 e. The zero-order valence-electron chi connectivity index (χ0n) is 10.5. The van der Waals surface area contributed by atoms with Crippen LogP contribution in [0, 0.1) is 3.57 Å². The van der Waals surface area contributed by atoms with Crippen molar-refractivity contribution in [3.05, 3.63) is 62.0 Å². The number of hydrogen-bond donors (Lipinski definition) is 1. The van der Waals surface area contributed by atoms with Crippen LogP contribution in [0.5, 0.6) is 0 Å². The number of halogens is 2. The topological polar surface area (TPSA) is 52.0 Å². The Hall–Kier alpha value is -0.920. The van der Waals surface area contributed by atoms with E-state index in [9.17, 15) is 0 Å². The maximum absolute atomic E-state index is 6.29. The number of para-hydroxylation sites is 2. The maximum atomic E-state index is 6.29. The van der Waals surface area contributed by atoms with Crippen molar-refractivity contribution in [1.82, 2.24) is 4.98 Å². The molecule has 3 nitrogen and oxygen atoms in total. The van der Waals surface area contributed by atoms with E-state index in [2.05, 4.69) is 49.6 Å². The van der Waals surface area contributed by atoms with Gasteiger partial charge in [-0.15, -0.1) is 0 Å². The second kappa shape index (κ2) is 5.83. The van der Waals surface area contributed by atoms with Gasteiger partial charge in [0.25, 0.3) is 0 Å². The van der Waals surface area contributed by atoms with E-state index in [1.165, 1.54) is 0 Å². The molecule has 0 spiro atoms. The summed E-state index contributed by atoms with van der Waals surface area (Å²) < 4.78 is 7.90. The summed E-state index contributed by atoms with van der Waals surface area (Å²) in [5, 5.41) is 0. The molecule has 102 valence electrons. The highest BCUT2D eigenvalue weighted by molar-refractivity contribution is 14.1. The summed E-state index contributed by atoms with van der Waals surface area (Å²) in [4.78, 5) is 4.47. The average molecular weight is 443 g/mol. The van der Waals surface area contributed by atoms with Crippen LogP contribution >= 0.6 is 38.5 Å². The zero-order valence-corrected chi connectivity index (χ0v) is 14.3. The molecular formula is C15H12BrIN2O. The molecule has 3 aromatic rings. The van der Waals surface area contributed by atoms with Gasteiger partial charge in [-0.05, 0) is 58.5 Å². The van der Waals surface area contributed by atoms with Gasteiger partial charge in [-0.2, -0.15) is 0 Å². The Labute approximate surface area is 138 Å². The molecule has 0 saturated heterocycles. The molecule has 1 aromatic heterocycles. The van der Waals surface area contributed by atoms with Crippen LogP contribution in [-0.4, -0.2) is 4.98 Å². The van der Waals surface area contributed by atoms with Crippen LogP contribution in [0.25, 0.3) is 11.1 Å². The SMILES string of the molecule is NC(Cc1nc2ccccc2o1)c1cc(Br)ccc1I. The first-order valence-electron chi connectivity index (χ1n) is 6.18.